The molecule has 0 saturated carbocycles. The Hall–Kier alpha value is -1.40. The van der Waals surface area contributed by atoms with E-state index in [0.717, 1.165) is 14.8 Å². The highest BCUT2D eigenvalue weighted by Gasteiger charge is 2.10. The van der Waals surface area contributed by atoms with E-state index in [2.05, 4.69) is 27.9 Å². The van der Waals surface area contributed by atoms with E-state index in [1.807, 2.05) is 49.4 Å². The number of nitrogens with one attached hydrogen (secondary N) is 1. The van der Waals surface area contributed by atoms with Gasteiger partial charge in [-0.15, -0.1) is 0 Å². The van der Waals surface area contributed by atoms with Crippen LogP contribution in [-0.2, 0) is 6.42 Å². The van der Waals surface area contributed by atoms with E-state index in [9.17, 15) is 4.79 Å². The van der Waals surface area contributed by atoms with E-state index < -0.39 is 0 Å². The van der Waals surface area contributed by atoms with E-state index in [4.69, 9.17) is 5.73 Å². The van der Waals surface area contributed by atoms with Gasteiger partial charge in [0.15, 0.2) is 0 Å². The molecule has 20 heavy (non-hydrogen) atoms. The molecule has 104 valence electrons. The van der Waals surface area contributed by atoms with Crippen LogP contribution in [-0.4, -0.2) is 12.5 Å². The Labute approximate surface area is 132 Å². The first-order valence-electron chi connectivity index (χ1n) is 6.47. The normalized spacial score (nSPS) is 10.3. The minimum absolute atomic E-state index is 0.0892. The number of anilines is 1. The van der Waals surface area contributed by atoms with Crippen LogP contribution in [0.2, 0.25) is 0 Å². The van der Waals surface area contributed by atoms with Crippen LogP contribution in [0.3, 0.4) is 0 Å². The number of halogens is 1. The number of benzene rings is 2. The molecule has 0 saturated heterocycles. The number of carbonyl (C=O) groups excluding carboxylic acids is 1. The van der Waals surface area contributed by atoms with E-state index in [0.29, 0.717) is 18.5 Å². The van der Waals surface area contributed by atoms with E-state index in [-0.39, 0.29) is 5.91 Å². The van der Waals surface area contributed by atoms with Crippen molar-refractivity contribution in [1.29, 1.82) is 0 Å². The Morgan fingerprint density at radius 1 is 1.25 bits per heavy atom. The predicted octanol–water partition coefficient (Wildman–Crippen LogP) is 3.35. The fourth-order valence-electron chi connectivity index (χ4n) is 1.98. The first kappa shape index (κ1) is 15.0. The molecule has 0 spiro atoms. The number of aryl methyl sites for hydroxylation is 1. The van der Waals surface area contributed by atoms with Crippen molar-refractivity contribution in [3.63, 3.8) is 0 Å². The lowest BCUT2D eigenvalue weighted by atomic mass is 10.0. The highest BCUT2D eigenvalue weighted by Crippen LogP contribution is 2.18. The van der Waals surface area contributed by atoms with Gasteiger partial charge < -0.3 is 11.1 Å². The van der Waals surface area contributed by atoms with Gasteiger partial charge in [-0.1, -0.05) is 24.3 Å². The van der Waals surface area contributed by atoms with Crippen LogP contribution in [0.5, 0.6) is 0 Å². The second-order valence-electron chi connectivity index (χ2n) is 4.61. The number of rotatable bonds is 4. The van der Waals surface area contributed by atoms with E-state index in [1.165, 1.54) is 5.56 Å². The van der Waals surface area contributed by atoms with Gasteiger partial charge in [-0.25, -0.2) is 0 Å². The van der Waals surface area contributed by atoms with Crippen LogP contribution in [0.4, 0.5) is 5.69 Å². The Morgan fingerprint density at radius 2 is 2.00 bits per heavy atom. The molecule has 0 bridgehead atoms. The molecular formula is C16H17IN2O. The number of carbonyl (C=O) groups is 1. The van der Waals surface area contributed by atoms with Gasteiger partial charge in [0.2, 0.25) is 0 Å². The lowest BCUT2D eigenvalue weighted by Gasteiger charge is -2.10. The van der Waals surface area contributed by atoms with Crippen molar-refractivity contribution in [3.8, 4) is 0 Å². The van der Waals surface area contributed by atoms with Gasteiger partial charge in [0.05, 0.1) is 0 Å². The van der Waals surface area contributed by atoms with Crippen molar-refractivity contribution in [2.24, 2.45) is 5.73 Å². The standard InChI is InChI=1S/C16H17IN2O/c1-11-6-7-13(10-15(11)17)19-16(20)14-5-3-2-4-12(14)8-9-18/h2-7,10H,8-9,18H2,1H3,(H,19,20). The van der Waals surface area contributed by atoms with Crippen molar-refractivity contribution in [3.05, 3.63) is 62.7 Å². The number of hydrogen-bond donors (Lipinski definition) is 2. The van der Waals surface area contributed by atoms with Crippen molar-refractivity contribution < 1.29 is 4.79 Å². The fourth-order valence-corrected chi connectivity index (χ4v) is 2.50. The van der Waals surface area contributed by atoms with Crippen LogP contribution < -0.4 is 11.1 Å². The molecule has 4 heteroatoms. The largest absolute Gasteiger partial charge is 0.330 e. The molecule has 0 atom stereocenters. The van der Waals surface area contributed by atoms with Gasteiger partial charge in [-0.05, 0) is 71.8 Å². The molecule has 0 aliphatic rings. The first-order chi connectivity index (χ1) is 9.61. The quantitative estimate of drug-likeness (QED) is 0.800. The van der Waals surface area contributed by atoms with Crippen molar-refractivity contribution in [2.45, 2.75) is 13.3 Å². The van der Waals surface area contributed by atoms with Crippen LogP contribution in [0, 0.1) is 10.5 Å². The van der Waals surface area contributed by atoms with Crippen molar-refractivity contribution >= 4 is 34.2 Å². The van der Waals surface area contributed by atoms with Crippen LogP contribution in [0.25, 0.3) is 0 Å². The number of nitrogens with two attached hydrogens (primary N) is 1. The van der Waals surface area contributed by atoms with Gasteiger partial charge in [-0.3, -0.25) is 4.79 Å². The van der Waals surface area contributed by atoms with E-state index in [1.54, 1.807) is 0 Å². The molecule has 0 aromatic heterocycles. The zero-order chi connectivity index (χ0) is 14.5. The van der Waals surface area contributed by atoms with Crippen molar-refractivity contribution in [1.82, 2.24) is 0 Å². The lowest BCUT2D eigenvalue weighted by molar-refractivity contribution is 0.102. The summed E-state index contributed by atoms with van der Waals surface area (Å²) < 4.78 is 1.13. The third-order valence-electron chi connectivity index (χ3n) is 3.11. The summed E-state index contributed by atoms with van der Waals surface area (Å²) in [6.45, 7) is 2.58. The SMILES string of the molecule is Cc1ccc(NC(=O)c2ccccc2CCN)cc1I. The summed E-state index contributed by atoms with van der Waals surface area (Å²) in [4.78, 5) is 12.4. The van der Waals surface area contributed by atoms with Crippen molar-refractivity contribution in [2.75, 3.05) is 11.9 Å². The monoisotopic (exact) mass is 380 g/mol. The van der Waals surface area contributed by atoms with Crippen LogP contribution in [0.15, 0.2) is 42.5 Å². The Morgan fingerprint density at radius 3 is 2.70 bits per heavy atom. The molecule has 3 nitrogen and oxygen atoms in total. The summed E-state index contributed by atoms with van der Waals surface area (Å²) in [5, 5.41) is 2.94. The predicted molar refractivity (Wildman–Crippen MR) is 91.0 cm³/mol. The second-order valence-corrected chi connectivity index (χ2v) is 5.78. The van der Waals surface area contributed by atoms with Gasteiger partial charge in [0, 0.05) is 14.8 Å². The topological polar surface area (TPSA) is 55.1 Å². The maximum atomic E-state index is 12.4. The average Bonchev–Trinajstić information content (AvgIpc) is 2.44. The summed E-state index contributed by atoms with van der Waals surface area (Å²) in [6, 6.07) is 13.5. The van der Waals surface area contributed by atoms with Gasteiger partial charge >= 0.3 is 0 Å². The molecule has 0 unspecified atom stereocenters. The van der Waals surface area contributed by atoms with Gasteiger partial charge in [0.25, 0.3) is 5.91 Å². The Bertz CT molecular complexity index is 626. The average molecular weight is 380 g/mol. The van der Waals surface area contributed by atoms with Gasteiger partial charge in [0.1, 0.15) is 0 Å². The number of amides is 1. The minimum atomic E-state index is -0.0892. The second kappa shape index (κ2) is 6.85. The lowest BCUT2D eigenvalue weighted by Crippen LogP contribution is -2.16. The maximum Gasteiger partial charge on any atom is 0.255 e. The summed E-state index contributed by atoms with van der Waals surface area (Å²) >= 11 is 2.26. The highest BCUT2D eigenvalue weighted by molar-refractivity contribution is 14.1. The first-order valence-corrected chi connectivity index (χ1v) is 7.55. The molecule has 2 aromatic carbocycles. The minimum Gasteiger partial charge on any atom is -0.330 e. The molecule has 0 fully saturated rings. The summed E-state index contributed by atoms with van der Waals surface area (Å²) in [6.07, 6.45) is 0.703. The zero-order valence-corrected chi connectivity index (χ0v) is 13.5. The molecule has 0 radical (unpaired) electrons. The van der Waals surface area contributed by atoms with Crippen LogP contribution in [0.1, 0.15) is 21.5 Å². The Kier molecular flexibility index (Phi) is 5.14. The number of hydrogen-bond acceptors (Lipinski definition) is 2. The fraction of sp³-hybridized carbons (Fsp3) is 0.188. The summed E-state index contributed by atoms with van der Waals surface area (Å²) in [5.74, 6) is -0.0892. The molecule has 0 heterocycles. The highest BCUT2D eigenvalue weighted by atomic mass is 127. The van der Waals surface area contributed by atoms with Crippen LogP contribution >= 0.6 is 22.6 Å². The summed E-state index contributed by atoms with van der Waals surface area (Å²) in [7, 11) is 0. The smallest absolute Gasteiger partial charge is 0.255 e. The maximum absolute atomic E-state index is 12.4. The Balaban J connectivity index is 2.21. The van der Waals surface area contributed by atoms with Gasteiger partial charge in [-0.2, -0.15) is 0 Å². The molecule has 2 aromatic rings. The molecule has 0 aliphatic heterocycles. The molecular weight excluding hydrogens is 363 g/mol. The molecule has 3 N–H and O–H groups in total. The van der Waals surface area contributed by atoms with E-state index >= 15 is 0 Å². The molecule has 1 amide bonds. The zero-order valence-electron chi connectivity index (χ0n) is 11.3. The summed E-state index contributed by atoms with van der Waals surface area (Å²) in [5.41, 5.74) is 9.27. The molecule has 0 aliphatic carbocycles. The molecule has 2 rings (SSSR count). The third kappa shape index (κ3) is 3.58. The third-order valence-corrected chi connectivity index (χ3v) is 4.27.